The minimum absolute atomic E-state index is 0.144. The fourth-order valence-electron chi connectivity index (χ4n) is 1.37. The molecule has 1 aromatic heterocycles. The minimum Gasteiger partial charge on any atom is -0.469 e. The maximum Gasteiger partial charge on any atom is 0.305 e. The Bertz CT molecular complexity index is 346. The number of methoxy groups -OCH3 is 1. The molecule has 0 radical (unpaired) electrons. The van der Waals surface area contributed by atoms with Crippen molar-refractivity contribution in [2.75, 3.05) is 12.9 Å². The van der Waals surface area contributed by atoms with E-state index in [1.807, 2.05) is 6.92 Å². The molecular formula is C12H17NO2S. The third-order valence-electron chi connectivity index (χ3n) is 2.08. The van der Waals surface area contributed by atoms with Crippen LogP contribution in [-0.4, -0.2) is 23.8 Å². The van der Waals surface area contributed by atoms with Crippen LogP contribution in [0.4, 0.5) is 0 Å². The Kier molecular flexibility index (Phi) is 5.32. The number of thioether (sulfide) groups is 1. The Morgan fingerprint density at radius 2 is 2.19 bits per heavy atom. The Hall–Kier alpha value is -1.03. The van der Waals surface area contributed by atoms with Gasteiger partial charge in [-0.25, -0.2) is 4.98 Å². The molecule has 0 amide bonds. The van der Waals surface area contributed by atoms with E-state index < -0.39 is 0 Å². The smallest absolute Gasteiger partial charge is 0.305 e. The lowest BCUT2D eigenvalue weighted by Gasteiger charge is -2.03. The van der Waals surface area contributed by atoms with Crippen LogP contribution < -0.4 is 0 Å². The van der Waals surface area contributed by atoms with Gasteiger partial charge in [0.15, 0.2) is 0 Å². The predicted molar refractivity (Wildman–Crippen MR) is 65.7 cm³/mol. The Labute approximate surface area is 101 Å². The normalized spacial score (nSPS) is 10.2. The summed E-state index contributed by atoms with van der Waals surface area (Å²) in [6.07, 6.45) is 1.31. The van der Waals surface area contributed by atoms with E-state index in [9.17, 15) is 4.79 Å². The zero-order valence-corrected chi connectivity index (χ0v) is 10.8. The molecule has 0 fully saturated rings. The molecule has 0 aromatic carbocycles. The second-order valence-corrected chi connectivity index (χ2v) is 4.77. The molecule has 1 heterocycles. The summed E-state index contributed by atoms with van der Waals surface area (Å²) in [6.45, 7) is 4.05. The van der Waals surface area contributed by atoms with E-state index in [1.165, 1.54) is 12.7 Å². The van der Waals surface area contributed by atoms with E-state index in [4.69, 9.17) is 0 Å². The van der Waals surface area contributed by atoms with Crippen LogP contribution in [0.25, 0.3) is 0 Å². The fourth-order valence-corrected chi connectivity index (χ4v) is 2.35. The molecule has 0 saturated heterocycles. The van der Waals surface area contributed by atoms with Gasteiger partial charge in [0.25, 0.3) is 0 Å². The van der Waals surface area contributed by atoms with Crippen LogP contribution in [0.3, 0.4) is 0 Å². The number of aromatic nitrogens is 1. The molecule has 1 rings (SSSR count). The van der Waals surface area contributed by atoms with Crippen molar-refractivity contribution in [1.29, 1.82) is 0 Å². The molecule has 0 atom stereocenters. The van der Waals surface area contributed by atoms with Gasteiger partial charge in [-0.2, -0.15) is 0 Å². The number of hydrogen-bond donors (Lipinski definition) is 0. The summed E-state index contributed by atoms with van der Waals surface area (Å²) in [6, 6.07) is 4.12. The summed E-state index contributed by atoms with van der Waals surface area (Å²) in [5.41, 5.74) is 2.26. The number of esters is 1. The second-order valence-electron chi connectivity index (χ2n) is 3.65. The quantitative estimate of drug-likeness (QED) is 0.450. The van der Waals surface area contributed by atoms with Crippen molar-refractivity contribution < 1.29 is 9.53 Å². The Morgan fingerprint density at radius 1 is 1.44 bits per heavy atom. The fraction of sp³-hybridized carbons (Fsp3) is 0.500. The van der Waals surface area contributed by atoms with E-state index in [1.54, 1.807) is 11.8 Å². The third kappa shape index (κ3) is 4.66. The van der Waals surface area contributed by atoms with E-state index in [2.05, 4.69) is 28.8 Å². The van der Waals surface area contributed by atoms with Crippen LogP contribution in [-0.2, 0) is 9.53 Å². The molecule has 0 unspecified atom stereocenters. The maximum absolute atomic E-state index is 10.9. The zero-order valence-electron chi connectivity index (χ0n) is 9.95. The molecular weight excluding hydrogens is 222 g/mol. The van der Waals surface area contributed by atoms with Crippen molar-refractivity contribution in [2.24, 2.45) is 0 Å². The number of carbonyl (C=O) groups is 1. The topological polar surface area (TPSA) is 39.2 Å². The molecule has 0 N–H and O–H groups in total. The standard InChI is InChI=1S/C12H17NO2S/c1-9-7-10(2)13-11(8-9)16-6-4-5-12(14)15-3/h7-8H,4-6H2,1-3H3. The molecule has 0 aliphatic rings. The number of pyridine rings is 1. The van der Waals surface area contributed by atoms with Crippen molar-refractivity contribution in [1.82, 2.24) is 4.98 Å². The van der Waals surface area contributed by atoms with Gasteiger partial charge in [0.2, 0.25) is 0 Å². The molecule has 0 aliphatic heterocycles. The van der Waals surface area contributed by atoms with Crippen molar-refractivity contribution >= 4 is 17.7 Å². The molecule has 4 heteroatoms. The summed E-state index contributed by atoms with van der Waals surface area (Å²) in [5.74, 6) is 0.749. The SMILES string of the molecule is COC(=O)CCCSc1cc(C)cc(C)n1. The van der Waals surface area contributed by atoms with E-state index in [-0.39, 0.29) is 5.97 Å². The lowest BCUT2D eigenvalue weighted by Crippen LogP contribution is -2.00. The average molecular weight is 239 g/mol. The molecule has 1 aromatic rings. The summed E-state index contributed by atoms with van der Waals surface area (Å²) in [5, 5.41) is 1.03. The van der Waals surface area contributed by atoms with Crippen molar-refractivity contribution in [3.63, 3.8) is 0 Å². The summed E-state index contributed by atoms with van der Waals surface area (Å²) in [7, 11) is 1.42. The molecule has 3 nitrogen and oxygen atoms in total. The van der Waals surface area contributed by atoms with Crippen molar-refractivity contribution in [3.8, 4) is 0 Å². The van der Waals surface area contributed by atoms with Crippen LogP contribution in [0, 0.1) is 13.8 Å². The van der Waals surface area contributed by atoms with Crippen LogP contribution in [0.5, 0.6) is 0 Å². The van der Waals surface area contributed by atoms with Gasteiger partial charge in [-0.3, -0.25) is 4.79 Å². The van der Waals surface area contributed by atoms with Crippen LogP contribution in [0.15, 0.2) is 17.2 Å². The van der Waals surface area contributed by atoms with Gasteiger partial charge in [-0.05, 0) is 38.0 Å². The predicted octanol–water partition coefficient (Wildman–Crippen LogP) is 2.74. The molecule has 0 bridgehead atoms. The summed E-state index contributed by atoms with van der Waals surface area (Å²) >= 11 is 1.68. The van der Waals surface area contributed by atoms with Gasteiger partial charge in [0, 0.05) is 17.9 Å². The first-order valence-electron chi connectivity index (χ1n) is 5.26. The van der Waals surface area contributed by atoms with Crippen LogP contribution in [0.2, 0.25) is 0 Å². The van der Waals surface area contributed by atoms with Crippen molar-refractivity contribution in [3.05, 3.63) is 23.4 Å². The van der Waals surface area contributed by atoms with Gasteiger partial charge >= 0.3 is 5.97 Å². The van der Waals surface area contributed by atoms with E-state index >= 15 is 0 Å². The number of ether oxygens (including phenoxy) is 1. The summed E-state index contributed by atoms with van der Waals surface area (Å²) in [4.78, 5) is 15.3. The number of aryl methyl sites for hydroxylation is 2. The largest absolute Gasteiger partial charge is 0.469 e. The zero-order chi connectivity index (χ0) is 12.0. The maximum atomic E-state index is 10.9. The number of nitrogens with zero attached hydrogens (tertiary/aromatic N) is 1. The van der Waals surface area contributed by atoms with Gasteiger partial charge in [0.05, 0.1) is 12.1 Å². The number of hydrogen-bond acceptors (Lipinski definition) is 4. The average Bonchev–Trinajstić information content (AvgIpc) is 2.22. The Balaban J connectivity index is 2.34. The molecule has 0 spiro atoms. The first-order chi connectivity index (χ1) is 7.61. The van der Waals surface area contributed by atoms with Gasteiger partial charge in [-0.1, -0.05) is 0 Å². The highest BCUT2D eigenvalue weighted by Crippen LogP contribution is 2.18. The van der Waals surface area contributed by atoms with Gasteiger partial charge < -0.3 is 4.74 Å². The summed E-state index contributed by atoms with van der Waals surface area (Å²) < 4.78 is 4.58. The molecule has 0 saturated carbocycles. The van der Waals surface area contributed by atoms with Crippen molar-refractivity contribution in [2.45, 2.75) is 31.7 Å². The van der Waals surface area contributed by atoms with E-state index in [0.29, 0.717) is 6.42 Å². The third-order valence-corrected chi connectivity index (χ3v) is 3.07. The number of carbonyl (C=O) groups excluding carboxylic acids is 1. The first kappa shape index (κ1) is 13.0. The lowest BCUT2D eigenvalue weighted by molar-refractivity contribution is -0.140. The van der Waals surface area contributed by atoms with Gasteiger partial charge in [0.1, 0.15) is 0 Å². The highest BCUT2D eigenvalue weighted by atomic mass is 32.2. The first-order valence-corrected chi connectivity index (χ1v) is 6.25. The van der Waals surface area contributed by atoms with Gasteiger partial charge in [-0.15, -0.1) is 11.8 Å². The van der Waals surface area contributed by atoms with E-state index in [0.717, 1.165) is 22.9 Å². The highest BCUT2D eigenvalue weighted by molar-refractivity contribution is 7.99. The minimum atomic E-state index is -0.144. The highest BCUT2D eigenvalue weighted by Gasteiger charge is 2.02. The monoisotopic (exact) mass is 239 g/mol. The molecule has 88 valence electrons. The molecule has 16 heavy (non-hydrogen) atoms. The van der Waals surface area contributed by atoms with Crippen LogP contribution >= 0.6 is 11.8 Å². The Morgan fingerprint density at radius 3 is 2.81 bits per heavy atom. The van der Waals surface area contributed by atoms with Crippen LogP contribution in [0.1, 0.15) is 24.1 Å². The molecule has 0 aliphatic carbocycles. The lowest BCUT2D eigenvalue weighted by atomic mass is 10.3. The number of rotatable bonds is 5. The second kappa shape index (κ2) is 6.53.